The Labute approximate surface area is 153 Å². The van der Waals surface area contributed by atoms with Gasteiger partial charge < -0.3 is 10.6 Å². The monoisotopic (exact) mass is 397 g/mol. The first-order chi connectivity index (χ1) is 13.3. The molecule has 144 valence electrons. The summed E-state index contributed by atoms with van der Waals surface area (Å²) < 4.78 is 79.5. The highest BCUT2D eigenvalue weighted by molar-refractivity contribution is 6.04. The molecule has 0 aliphatic carbocycles. The molecule has 0 aliphatic rings. The van der Waals surface area contributed by atoms with Gasteiger partial charge in [0, 0.05) is 0 Å². The van der Waals surface area contributed by atoms with Gasteiger partial charge in [-0.1, -0.05) is 0 Å². The minimum atomic E-state index is -1.78. The van der Waals surface area contributed by atoms with Crippen molar-refractivity contribution >= 4 is 23.1 Å². The Morgan fingerprint density at radius 2 is 1.39 bits per heavy atom. The molecular weight excluding hydrogens is 388 g/mol. The maximum atomic E-state index is 13.6. The van der Waals surface area contributed by atoms with Crippen molar-refractivity contribution in [1.29, 1.82) is 0 Å². The number of halogens is 6. The van der Waals surface area contributed by atoms with Crippen molar-refractivity contribution in [2.75, 3.05) is 10.6 Å². The zero-order valence-corrected chi connectivity index (χ0v) is 13.7. The van der Waals surface area contributed by atoms with Crippen LogP contribution in [0.15, 0.2) is 42.6 Å². The molecule has 0 bridgehead atoms. The molecule has 1 amide bonds. The summed E-state index contributed by atoms with van der Waals surface area (Å²) in [5.74, 6) is -10.3. The summed E-state index contributed by atoms with van der Waals surface area (Å²) >= 11 is 0. The summed E-state index contributed by atoms with van der Waals surface area (Å²) in [5, 5.41) is 4.64. The second-order valence-corrected chi connectivity index (χ2v) is 5.46. The van der Waals surface area contributed by atoms with Crippen LogP contribution in [-0.2, 0) is 0 Å². The summed E-state index contributed by atoms with van der Waals surface area (Å²) in [4.78, 5) is 15.8. The third kappa shape index (κ3) is 3.75. The first-order valence-corrected chi connectivity index (χ1v) is 7.59. The fourth-order valence-corrected chi connectivity index (χ4v) is 2.20. The second-order valence-electron chi connectivity index (χ2n) is 5.46. The summed E-state index contributed by atoms with van der Waals surface area (Å²) in [6.45, 7) is 0. The molecule has 3 rings (SSSR count). The van der Waals surface area contributed by atoms with E-state index in [0.29, 0.717) is 6.07 Å². The van der Waals surface area contributed by atoms with Crippen molar-refractivity contribution in [1.82, 2.24) is 4.98 Å². The number of carbonyl (C=O) groups excluding carboxylic acids is 1. The number of anilines is 3. The maximum absolute atomic E-state index is 13.6. The second kappa shape index (κ2) is 7.59. The van der Waals surface area contributed by atoms with E-state index in [1.807, 2.05) is 0 Å². The van der Waals surface area contributed by atoms with Gasteiger partial charge in [0.2, 0.25) is 0 Å². The zero-order valence-electron chi connectivity index (χ0n) is 13.7. The molecule has 0 fully saturated rings. The van der Waals surface area contributed by atoms with E-state index in [-0.39, 0.29) is 17.2 Å². The smallest absolute Gasteiger partial charge is 0.258 e. The lowest BCUT2D eigenvalue weighted by Crippen LogP contribution is -2.15. The van der Waals surface area contributed by atoms with Crippen molar-refractivity contribution in [2.24, 2.45) is 0 Å². The topological polar surface area (TPSA) is 54.0 Å². The quantitative estimate of drug-likeness (QED) is 0.486. The third-order valence-electron chi connectivity index (χ3n) is 3.60. The van der Waals surface area contributed by atoms with Crippen LogP contribution in [0, 0.1) is 34.9 Å². The predicted molar refractivity (Wildman–Crippen MR) is 88.1 cm³/mol. The van der Waals surface area contributed by atoms with Crippen molar-refractivity contribution in [3.05, 3.63) is 83.1 Å². The van der Waals surface area contributed by atoms with E-state index in [2.05, 4.69) is 15.6 Å². The highest BCUT2D eigenvalue weighted by Crippen LogP contribution is 2.23. The van der Waals surface area contributed by atoms with Crippen molar-refractivity contribution in [3.63, 3.8) is 0 Å². The van der Waals surface area contributed by atoms with Gasteiger partial charge in [0.05, 0.1) is 23.1 Å². The molecule has 1 aromatic heterocycles. The molecule has 0 radical (unpaired) electrons. The van der Waals surface area contributed by atoms with E-state index >= 15 is 0 Å². The SMILES string of the molecule is O=C(Nc1ccc(Nc2ccc(F)c(F)c2F)nc1)c1ccc(F)c(F)c1F. The Bertz CT molecular complexity index is 1060. The molecule has 28 heavy (non-hydrogen) atoms. The largest absolute Gasteiger partial charge is 0.338 e. The summed E-state index contributed by atoms with van der Waals surface area (Å²) in [6.07, 6.45) is 1.09. The molecule has 0 spiro atoms. The minimum absolute atomic E-state index is 0.0296. The molecule has 1 heterocycles. The number of aromatic nitrogens is 1. The van der Waals surface area contributed by atoms with E-state index < -0.39 is 46.4 Å². The van der Waals surface area contributed by atoms with Crippen LogP contribution in [0.25, 0.3) is 0 Å². The van der Waals surface area contributed by atoms with Gasteiger partial charge >= 0.3 is 0 Å². The number of hydrogen-bond acceptors (Lipinski definition) is 3. The lowest BCUT2D eigenvalue weighted by Gasteiger charge is -2.10. The average Bonchev–Trinajstić information content (AvgIpc) is 2.68. The maximum Gasteiger partial charge on any atom is 0.258 e. The number of pyridine rings is 1. The van der Waals surface area contributed by atoms with Gasteiger partial charge in [-0.3, -0.25) is 4.79 Å². The van der Waals surface area contributed by atoms with E-state index in [4.69, 9.17) is 0 Å². The molecule has 10 heteroatoms. The van der Waals surface area contributed by atoms with Gasteiger partial charge in [-0.25, -0.2) is 31.3 Å². The normalized spacial score (nSPS) is 10.6. The van der Waals surface area contributed by atoms with E-state index in [1.165, 1.54) is 12.1 Å². The fraction of sp³-hybridized carbons (Fsp3) is 0. The molecule has 0 unspecified atom stereocenters. The Hall–Kier alpha value is -3.56. The van der Waals surface area contributed by atoms with Gasteiger partial charge in [-0.05, 0) is 36.4 Å². The average molecular weight is 397 g/mol. The number of amides is 1. The number of carbonyl (C=O) groups is 1. The lowest BCUT2D eigenvalue weighted by molar-refractivity contribution is 0.102. The van der Waals surface area contributed by atoms with Crippen LogP contribution in [0.2, 0.25) is 0 Å². The van der Waals surface area contributed by atoms with E-state index in [1.54, 1.807) is 0 Å². The van der Waals surface area contributed by atoms with Gasteiger partial charge in [0.1, 0.15) is 5.82 Å². The van der Waals surface area contributed by atoms with Crippen molar-refractivity contribution in [2.45, 2.75) is 0 Å². The molecule has 0 saturated heterocycles. The molecular formula is C18H9F6N3O. The van der Waals surface area contributed by atoms with Crippen LogP contribution in [0.3, 0.4) is 0 Å². The molecule has 0 atom stereocenters. The number of nitrogens with zero attached hydrogens (tertiary/aromatic N) is 1. The van der Waals surface area contributed by atoms with Crippen LogP contribution >= 0.6 is 0 Å². The first kappa shape index (κ1) is 19.2. The highest BCUT2D eigenvalue weighted by atomic mass is 19.2. The van der Waals surface area contributed by atoms with Crippen LogP contribution in [0.5, 0.6) is 0 Å². The van der Waals surface area contributed by atoms with Gasteiger partial charge in [-0.15, -0.1) is 0 Å². The lowest BCUT2D eigenvalue weighted by atomic mass is 10.2. The molecule has 0 aliphatic heterocycles. The van der Waals surface area contributed by atoms with Crippen molar-refractivity contribution in [3.8, 4) is 0 Å². The standard InChI is InChI=1S/C18H9F6N3O/c19-10-3-2-9(14(21)15(10)22)18(28)26-8-1-6-13(25-7-8)27-12-5-4-11(20)16(23)17(12)24/h1-7H,(H,25,27)(H,26,28). The number of rotatable bonds is 4. The first-order valence-electron chi connectivity index (χ1n) is 7.59. The molecule has 2 N–H and O–H groups in total. The van der Waals surface area contributed by atoms with Gasteiger partial charge in [0.25, 0.3) is 5.91 Å². The van der Waals surface area contributed by atoms with Gasteiger partial charge in [-0.2, -0.15) is 0 Å². The summed E-state index contributed by atoms with van der Waals surface area (Å²) in [5.41, 5.74) is -1.03. The van der Waals surface area contributed by atoms with Crippen LogP contribution in [0.1, 0.15) is 10.4 Å². The predicted octanol–water partition coefficient (Wildman–Crippen LogP) is 4.91. The Morgan fingerprint density at radius 1 is 0.750 bits per heavy atom. The minimum Gasteiger partial charge on any atom is -0.338 e. The van der Waals surface area contributed by atoms with E-state index in [0.717, 1.165) is 24.4 Å². The highest BCUT2D eigenvalue weighted by Gasteiger charge is 2.19. The molecule has 4 nitrogen and oxygen atoms in total. The van der Waals surface area contributed by atoms with Crippen molar-refractivity contribution < 1.29 is 31.1 Å². The molecule has 2 aromatic carbocycles. The summed E-state index contributed by atoms with van der Waals surface area (Å²) in [7, 11) is 0. The van der Waals surface area contributed by atoms with Gasteiger partial charge in [0.15, 0.2) is 34.9 Å². The molecule has 0 saturated carbocycles. The third-order valence-corrected chi connectivity index (χ3v) is 3.60. The van der Waals surface area contributed by atoms with Crippen LogP contribution in [-0.4, -0.2) is 10.9 Å². The molecule has 3 aromatic rings. The number of hydrogen-bond donors (Lipinski definition) is 2. The van der Waals surface area contributed by atoms with Crippen LogP contribution in [0.4, 0.5) is 43.5 Å². The van der Waals surface area contributed by atoms with E-state index in [9.17, 15) is 31.1 Å². The number of nitrogens with one attached hydrogen (secondary N) is 2. The van der Waals surface area contributed by atoms with Crippen LogP contribution < -0.4 is 10.6 Å². The fourth-order valence-electron chi connectivity index (χ4n) is 2.20. The summed E-state index contributed by atoms with van der Waals surface area (Å²) in [6, 6.07) is 5.62. The Morgan fingerprint density at radius 3 is 2.04 bits per heavy atom. The Kier molecular flexibility index (Phi) is 5.21. The zero-order chi connectivity index (χ0) is 20.4. The Balaban J connectivity index is 1.74. The number of benzene rings is 2.